The standard InChI is InChI=1S/C15H28N6O2/c1-6-7-21-13(16-17-18-21)11-19-8-9-20(10-12(19)2)14(22)23-15(3,4)5/h12H,6-11H2,1-5H3/t12-/m0/s1. The van der Waals surface area contributed by atoms with E-state index in [-0.39, 0.29) is 12.1 Å². The van der Waals surface area contributed by atoms with Crippen LogP contribution < -0.4 is 0 Å². The summed E-state index contributed by atoms with van der Waals surface area (Å²) < 4.78 is 7.30. The Kier molecular flexibility index (Phi) is 5.56. The monoisotopic (exact) mass is 324 g/mol. The number of piperazine rings is 1. The highest BCUT2D eigenvalue weighted by molar-refractivity contribution is 5.68. The van der Waals surface area contributed by atoms with Crippen molar-refractivity contribution in [2.75, 3.05) is 19.6 Å². The third-order valence-electron chi connectivity index (χ3n) is 3.80. The van der Waals surface area contributed by atoms with E-state index in [1.807, 2.05) is 25.5 Å². The first-order valence-electron chi connectivity index (χ1n) is 8.27. The number of carbonyl (C=O) groups excluding carboxylic acids is 1. The summed E-state index contributed by atoms with van der Waals surface area (Å²) in [4.78, 5) is 16.3. The van der Waals surface area contributed by atoms with Crippen molar-refractivity contribution in [3.8, 4) is 0 Å². The summed E-state index contributed by atoms with van der Waals surface area (Å²) in [5.41, 5.74) is -0.459. The van der Waals surface area contributed by atoms with E-state index < -0.39 is 5.60 Å². The van der Waals surface area contributed by atoms with Crippen molar-refractivity contribution in [2.45, 2.75) is 65.8 Å². The van der Waals surface area contributed by atoms with Crippen LogP contribution in [0.5, 0.6) is 0 Å². The number of carbonyl (C=O) groups is 1. The molecule has 1 aromatic rings. The van der Waals surface area contributed by atoms with Gasteiger partial charge in [-0.25, -0.2) is 9.48 Å². The second-order valence-electron chi connectivity index (χ2n) is 7.06. The first-order chi connectivity index (χ1) is 10.8. The van der Waals surface area contributed by atoms with E-state index in [4.69, 9.17) is 4.74 Å². The van der Waals surface area contributed by atoms with Gasteiger partial charge < -0.3 is 9.64 Å². The van der Waals surface area contributed by atoms with Crippen LogP contribution in [0.1, 0.15) is 46.9 Å². The van der Waals surface area contributed by atoms with Gasteiger partial charge in [0.1, 0.15) is 5.60 Å². The molecular formula is C15H28N6O2. The van der Waals surface area contributed by atoms with E-state index in [2.05, 4.69) is 34.3 Å². The smallest absolute Gasteiger partial charge is 0.410 e. The maximum Gasteiger partial charge on any atom is 0.410 e. The Morgan fingerprint density at radius 2 is 2.09 bits per heavy atom. The minimum Gasteiger partial charge on any atom is -0.444 e. The predicted molar refractivity (Wildman–Crippen MR) is 85.8 cm³/mol. The van der Waals surface area contributed by atoms with E-state index in [1.165, 1.54) is 0 Å². The zero-order valence-corrected chi connectivity index (χ0v) is 14.8. The van der Waals surface area contributed by atoms with Gasteiger partial charge >= 0.3 is 6.09 Å². The molecule has 0 aromatic carbocycles. The number of ether oxygens (including phenoxy) is 1. The summed E-state index contributed by atoms with van der Waals surface area (Å²) in [5, 5.41) is 11.9. The first kappa shape index (κ1) is 17.7. The summed E-state index contributed by atoms with van der Waals surface area (Å²) in [6.07, 6.45) is 0.764. The fraction of sp³-hybridized carbons (Fsp3) is 0.867. The van der Waals surface area contributed by atoms with Crippen molar-refractivity contribution in [2.24, 2.45) is 0 Å². The molecule has 0 bridgehead atoms. The van der Waals surface area contributed by atoms with Crippen molar-refractivity contribution in [1.82, 2.24) is 30.0 Å². The Hall–Kier alpha value is -1.70. The number of rotatable bonds is 4. The molecule has 1 atom stereocenters. The quantitative estimate of drug-likeness (QED) is 0.836. The van der Waals surface area contributed by atoms with E-state index in [0.717, 1.165) is 25.3 Å². The third kappa shape index (κ3) is 4.89. The number of tetrazole rings is 1. The average molecular weight is 324 g/mol. The third-order valence-corrected chi connectivity index (χ3v) is 3.80. The van der Waals surface area contributed by atoms with E-state index >= 15 is 0 Å². The number of aryl methyl sites for hydroxylation is 1. The summed E-state index contributed by atoms with van der Waals surface area (Å²) in [6, 6.07) is 0.239. The van der Waals surface area contributed by atoms with Gasteiger partial charge in [0.25, 0.3) is 0 Å². The molecule has 1 aliphatic heterocycles. The van der Waals surface area contributed by atoms with E-state index in [0.29, 0.717) is 19.6 Å². The normalized spacial score (nSPS) is 19.9. The van der Waals surface area contributed by atoms with Crippen LogP contribution in [-0.4, -0.2) is 67.4 Å². The van der Waals surface area contributed by atoms with Crippen LogP contribution in [-0.2, 0) is 17.8 Å². The molecule has 130 valence electrons. The lowest BCUT2D eigenvalue weighted by Crippen LogP contribution is -2.54. The number of nitrogens with zero attached hydrogens (tertiary/aromatic N) is 6. The molecule has 2 rings (SSSR count). The molecular weight excluding hydrogens is 296 g/mol. The van der Waals surface area contributed by atoms with Crippen LogP contribution in [0.25, 0.3) is 0 Å². The minimum absolute atomic E-state index is 0.236. The maximum atomic E-state index is 12.2. The maximum absolute atomic E-state index is 12.2. The van der Waals surface area contributed by atoms with Crippen LogP contribution in [0.3, 0.4) is 0 Å². The Morgan fingerprint density at radius 1 is 1.35 bits per heavy atom. The zero-order valence-electron chi connectivity index (χ0n) is 14.8. The highest BCUT2D eigenvalue weighted by Gasteiger charge is 2.30. The number of amides is 1. The van der Waals surface area contributed by atoms with Gasteiger partial charge in [0.15, 0.2) is 5.82 Å². The number of hydrogen-bond acceptors (Lipinski definition) is 6. The molecule has 0 aliphatic carbocycles. The lowest BCUT2D eigenvalue weighted by Gasteiger charge is -2.39. The minimum atomic E-state index is -0.459. The fourth-order valence-corrected chi connectivity index (χ4v) is 2.63. The number of aromatic nitrogens is 4. The second-order valence-corrected chi connectivity index (χ2v) is 7.06. The molecule has 0 N–H and O–H groups in total. The molecule has 0 spiro atoms. The van der Waals surface area contributed by atoms with Gasteiger partial charge in [0.2, 0.25) is 0 Å². The van der Waals surface area contributed by atoms with Crippen LogP contribution in [0.2, 0.25) is 0 Å². The topological polar surface area (TPSA) is 76.4 Å². The van der Waals surface area contributed by atoms with Gasteiger partial charge in [-0.05, 0) is 44.5 Å². The van der Waals surface area contributed by atoms with Crippen LogP contribution in [0.4, 0.5) is 4.79 Å². The second kappa shape index (κ2) is 7.25. The van der Waals surface area contributed by atoms with Gasteiger partial charge in [-0.2, -0.15) is 0 Å². The van der Waals surface area contributed by atoms with Gasteiger partial charge in [-0.3, -0.25) is 4.90 Å². The fourth-order valence-electron chi connectivity index (χ4n) is 2.63. The van der Waals surface area contributed by atoms with Crippen molar-refractivity contribution in [1.29, 1.82) is 0 Å². The Labute approximate surface area is 137 Å². The highest BCUT2D eigenvalue weighted by atomic mass is 16.6. The summed E-state index contributed by atoms with van der Waals surface area (Å²) in [7, 11) is 0. The molecule has 1 saturated heterocycles. The number of hydrogen-bond donors (Lipinski definition) is 0. The molecule has 8 nitrogen and oxygen atoms in total. The largest absolute Gasteiger partial charge is 0.444 e. The van der Waals surface area contributed by atoms with Crippen LogP contribution >= 0.6 is 0 Å². The molecule has 1 amide bonds. The highest BCUT2D eigenvalue weighted by Crippen LogP contribution is 2.16. The summed E-state index contributed by atoms with van der Waals surface area (Å²) in [6.45, 7) is 13.5. The van der Waals surface area contributed by atoms with Gasteiger partial charge in [-0.1, -0.05) is 6.92 Å². The zero-order chi connectivity index (χ0) is 17.0. The average Bonchev–Trinajstić information content (AvgIpc) is 2.87. The van der Waals surface area contributed by atoms with Crippen molar-refractivity contribution in [3.05, 3.63) is 5.82 Å². The predicted octanol–water partition coefficient (Wildman–Crippen LogP) is 1.52. The van der Waals surface area contributed by atoms with E-state index in [1.54, 1.807) is 4.90 Å². The summed E-state index contributed by atoms with van der Waals surface area (Å²) >= 11 is 0. The molecule has 0 saturated carbocycles. The lowest BCUT2D eigenvalue weighted by molar-refractivity contribution is 0.00406. The van der Waals surface area contributed by atoms with Crippen LogP contribution in [0.15, 0.2) is 0 Å². The summed E-state index contributed by atoms with van der Waals surface area (Å²) in [5.74, 6) is 0.879. The molecule has 0 radical (unpaired) electrons. The van der Waals surface area contributed by atoms with Gasteiger partial charge in [-0.15, -0.1) is 5.10 Å². The molecule has 8 heteroatoms. The van der Waals surface area contributed by atoms with Gasteiger partial charge in [0, 0.05) is 32.2 Å². The molecule has 1 fully saturated rings. The van der Waals surface area contributed by atoms with Crippen molar-refractivity contribution >= 4 is 6.09 Å². The van der Waals surface area contributed by atoms with Crippen molar-refractivity contribution in [3.63, 3.8) is 0 Å². The SMILES string of the molecule is CCCn1nnnc1CN1CCN(C(=O)OC(C)(C)C)C[C@@H]1C. The van der Waals surface area contributed by atoms with Crippen molar-refractivity contribution < 1.29 is 9.53 Å². The Balaban J connectivity index is 1.91. The van der Waals surface area contributed by atoms with Gasteiger partial charge in [0.05, 0.1) is 6.54 Å². The van der Waals surface area contributed by atoms with Crippen LogP contribution in [0, 0.1) is 0 Å². The molecule has 2 heterocycles. The lowest BCUT2D eigenvalue weighted by atomic mass is 10.2. The first-order valence-corrected chi connectivity index (χ1v) is 8.27. The van der Waals surface area contributed by atoms with E-state index in [9.17, 15) is 4.79 Å². The molecule has 23 heavy (non-hydrogen) atoms. The Morgan fingerprint density at radius 3 is 2.70 bits per heavy atom. The molecule has 1 aliphatic rings. The Bertz CT molecular complexity index is 524. The molecule has 0 unspecified atom stereocenters. The molecule has 1 aromatic heterocycles.